The van der Waals surface area contributed by atoms with Crippen molar-refractivity contribution >= 4 is 36.3 Å². The number of hydrogen-bond donors (Lipinski definition) is 1. The van der Waals surface area contributed by atoms with Gasteiger partial charge in [0.1, 0.15) is 11.6 Å². The maximum atomic E-state index is 13.2. The van der Waals surface area contributed by atoms with Crippen molar-refractivity contribution in [3.05, 3.63) is 12.4 Å². The maximum Gasteiger partial charge on any atom is 0.498 e. The normalized spacial score (nSPS) is 22.4. The van der Waals surface area contributed by atoms with Gasteiger partial charge >= 0.3 is 13.2 Å². The van der Waals surface area contributed by atoms with Crippen molar-refractivity contribution < 1.29 is 23.6 Å². The van der Waals surface area contributed by atoms with Gasteiger partial charge in [0.2, 0.25) is 5.91 Å². The number of rotatable bonds is 6. The first-order chi connectivity index (χ1) is 16.1. The van der Waals surface area contributed by atoms with E-state index < -0.39 is 36.1 Å². The van der Waals surface area contributed by atoms with Gasteiger partial charge < -0.3 is 24.3 Å². The first-order valence-corrected chi connectivity index (χ1v) is 13.1. The van der Waals surface area contributed by atoms with E-state index in [0.29, 0.717) is 18.2 Å². The summed E-state index contributed by atoms with van der Waals surface area (Å²) >= 11 is 1.56. The number of ether oxygens (including phenoxy) is 1. The summed E-state index contributed by atoms with van der Waals surface area (Å²) in [5, 5.41) is 3.58. The lowest BCUT2D eigenvalue weighted by atomic mass is 9.81. The van der Waals surface area contributed by atoms with E-state index >= 15 is 0 Å². The number of hydrogen-bond acceptors (Lipinski definition) is 8. The molecule has 2 atom stereocenters. The molecule has 2 aliphatic heterocycles. The van der Waals surface area contributed by atoms with Crippen LogP contribution in [0.2, 0.25) is 0 Å². The van der Waals surface area contributed by atoms with Gasteiger partial charge in [-0.3, -0.25) is 4.79 Å². The van der Waals surface area contributed by atoms with Gasteiger partial charge in [-0.1, -0.05) is 25.6 Å². The van der Waals surface area contributed by atoms with Crippen molar-refractivity contribution in [2.45, 2.75) is 102 Å². The molecule has 35 heavy (non-hydrogen) atoms. The zero-order chi connectivity index (χ0) is 26.2. The van der Waals surface area contributed by atoms with Gasteiger partial charge in [0, 0.05) is 36.2 Å². The maximum absolute atomic E-state index is 13.2. The number of thioether (sulfide) groups is 1. The summed E-state index contributed by atoms with van der Waals surface area (Å²) in [6.45, 7) is 18.5. The Labute approximate surface area is 213 Å². The molecule has 0 saturated carbocycles. The minimum atomic E-state index is -0.635. The Balaban J connectivity index is 1.55. The summed E-state index contributed by atoms with van der Waals surface area (Å²) in [5.74, 6) is -0.154. The Kier molecular flexibility index (Phi) is 8.13. The highest BCUT2D eigenvalue weighted by Crippen LogP contribution is 2.36. The van der Waals surface area contributed by atoms with Crippen LogP contribution in [0.15, 0.2) is 17.6 Å². The molecule has 0 aromatic carbocycles. The fraction of sp³-hybridized carbons (Fsp3) is 0.750. The fourth-order valence-electron chi connectivity index (χ4n) is 3.81. The summed E-state index contributed by atoms with van der Waals surface area (Å²) in [6, 6.07) is -0.635. The average molecular weight is 506 g/mol. The molecule has 9 nitrogen and oxygen atoms in total. The second-order valence-corrected chi connectivity index (χ2v) is 12.8. The molecule has 0 radical (unpaired) electrons. The van der Waals surface area contributed by atoms with Crippen molar-refractivity contribution in [3.63, 3.8) is 0 Å². The Morgan fingerprint density at radius 1 is 1.17 bits per heavy atom. The predicted molar refractivity (Wildman–Crippen MR) is 137 cm³/mol. The number of likely N-dealkylation sites (tertiary alicyclic amines) is 1. The smallest absolute Gasteiger partial charge is 0.444 e. The van der Waals surface area contributed by atoms with Crippen LogP contribution in [0.4, 0.5) is 4.79 Å². The van der Waals surface area contributed by atoms with E-state index in [1.165, 1.54) is 0 Å². The van der Waals surface area contributed by atoms with E-state index in [0.717, 1.165) is 11.9 Å². The average Bonchev–Trinajstić information content (AvgIpc) is 3.26. The predicted octanol–water partition coefficient (Wildman–Crippen LogP) is 3.02. The minimum absolute atomic E-state index is 0.0624. The molecule has 0 bridgehead atoms. The van der Waals surface area contributed by atoms with Crippen LogP contribution in [0.1, 0.15) is 68.7 Å². The molecule has 2 saturated heterocycles. The van der Waals surface area contributed by atoms with E-state index in [9.17, 15) is 9.59 Å². The van der Waals surface area contributed by atoms with Crippen LogP contribution < -0.4 is 10.8 Å². The van der Waals surface area contributed by atoms with Gasteiger partial charge in [-0.15, -0.1) is 0 Å². The molecular formula is C24H39BN4O5S. The van der Waals surface area contributed by atoms with E-state index in [1.807, 2.05) is 41.5 Å². The number of nitrogens with zero attached hydrogens (tertiary/aromatic N) is 3. The molecule has 2 fully saturated rings. The minimum Gasteiger partial charge on any atom is -0.444 e. The highest BCUT2D eigenvalue weighted by Gasteiger charge is 2.52. The Morgan fingerprint density at radius 2 is 1.74 bits per heavy atom. The zero-order valence-electron chi connectivity index (χ0n) is 22.4. The third-order valence-corrected chi connectivity index (χ3v) is 7.65. The molecule has 0 aliphatic carbocycles. The number of amides is 2. The number of nitrogens with one attached hydrogen (secondary N) is 1. The standard InChI is InChI=1S/C24H39BN4O5S/c1-15(2)18(28-21(31)32-22(3,4)5)19(30)29-11-10-17(14-29)35-20-26-12-16(13-27-20)25-33-23(6,7)24(8,9)34-25/h12-13,15,17-18H,10-11,14H2,1-9H3,(H,28,31)/t17-,18?/m1/s1. The van der Waals surface area contributed by atoms with Crippen molar-refractivity contribution in [2.24, 2.45) is 5.92 Å². The van der Waals surface area contributed by atoms with Gasteiger partial charge in [-0.2, -0.15) is 0 Å². The van der Waals surface area contributed by atoms with Gasteiger partial charge in [0.25, 0.3) is 0 Å². The summed E-state index contributed by atoms with van der Waals surface area (Å²) < 4.78 is 17.5. The van der Waals surface area contributed by atoms with Gasteiger partial charge in [0.15, 0.2) is 5.16 Å². The summed E-state index contributed by atoms with van der Waals surface area (Å²) in [6.07, 6.45) is 3.74. The molecule has 3 heterocycles. The number of aromatic nitrogens is 2. The van der Waals surface area contributed by atoms with Crippen LogP contribution in [0.3, 0.4) is 0 Å². The van der Waals surface area contributed by atoms with Crippen molar-refractivity contribution in [1.29, 1.82) is 0 Å². The third-order valence-electron chi connectivity index (χ3n) is 6.51. The fourth-order valence-corrected chi connectivity index (χ4v) is 4.81. The van der Waals surface area contributed by atoms with Crippen LogP contribution in [0, 0.1) is 5.92 Å². The first-order valence-electron chi connectivity index (χ1n) is 12.2. The van der Waals surface area contributed by atoms with Crippen LogP contribution in [0.5, 0.6) is 0 Å². The van der Waals surface area contributed by atoms with Gasteiger partial charge in [-0.05, 0) is 60.8 Å². The highest BCUT2D eigenvalue weighted by atomic mass is 32.2. The van der Waals surface area contributed by atoms with Crippen molar-refractivity contribution in [2.75, 3.05) is 13.1 Å². The molecule has 11 heteroatoms. The molecule has 2 aliphatic rings. The Bertz CT molecular complexity index is 903. The summed E-state index contributed by atoms with van der Waals surface area (Å²) in [7, 11) is -0.496. The molecule has 2 amide bonds. The number of carbonyl (C=O) groups excluding carboxylic acids is 2. The second kappa shape index (κ2) is 10.3. The molecule has 1 N–H and O–H groups in total. The molecule has 1 aromatic heterocycles. The summed E-state index contributed by atoms with van der Waals surface area (Å²) in [5.41, 5.74) is -0.680. The monoisotopic (exact) mass is 506 g/mol. The van der Waals surface area contributed by atoms with E-state index in [4.69, 9.17) is 14.0 Å². The largest absolute Gasteiger partial charge is 0.498 e. The molecule has 1 unspecified atom stereocenters. The molecular weight excluding hydrogens is 467 g/mol. The number of carbonyl (C=O) groups is 2. The lowest BCUT2D eigenvalue weighted by molar-refractivity contribution is -0.133. The topological polar surface area (TPSA) is 103 Å². The van der Waals surface area contributed by atoms with Crippen LogP contribution in [-0.2, 0) is 18.8 Å². The van der Waals surface area contributed by atoms with Crippen molar-refractivity contribution in [1.82, 2.24) is 20.2 Å². The quantitative estimate of drug-likeness (QED) is 0.464. The lowest BCUT2D eigenvalue weighted by Gasteiger charge is -2.32. The Morgan fingerprint density at radius 3 is 2.26 bits per heavy atom. The molecule has 0 spiro atoms. The first kappa shape index (κ1) is 27.7. The lowest BCUT2D eigenvalue weighted by Crippen LogP contribution is -2.51. The molecule has 3 rings (SSSR count). The summed E-state index contributed by atoms with van der Waals surface area (Å²) in [4.78, 5) is 36.2. The van der Waals surface area contributed by atoms with E-state index in [1.54, 1.807) is 49.8 Å². The third kappa shape index (κ3) is 6.89. The molecule has 1 aromatic rings. The van der Waals surface area contributed by atoms with Crippen molar-refractivity contribution in [3.8, 4) is 0 Å². The number of alkyl carbamates (subject to hydrolysis) is 1. The van der Waals surface area contributed by atoms with E-state index in [2.05, 4.69) is 15.3 Å². The van der Waals surface area contributed by atoms with E-state index in [-0.39, 0.29) is 17.1 Å². The van der Waals surface area contributed by atoms with Gasteiger partial charge in [-0.25, -0.2) is 14.8 Å². The van der Waals surface area contributed by atoms with Crippen LogP contribution in [0.25, 0.3) is 0 Å². The zero-order valence-corrected chi connectivity index (χ0v) is 23.2. The molecule has 194 valence electrons. The van der Waals surface area contributed by atoms with Gasteiger partial charge in [0.05, 0.1) is 11.2 Å². The van der Waals surface area contributed by atoms with Crippen LogP contribution >= 0.6 is 11.8 Å². The SMILES string of the molecule is CC(C)C(NC(=O)OC(C)(C)C)C(=O)N1CC[C@@H](Sc2ncc(B3OC(C)(C)C(C)(C)O3)cn2)C1. The Hall–Kier alpha value is -1.85. The highest BCUT2D eigenvalue weighted by molar-refractivity contribution is 7.99. The second-order valence-electron chi connectivity index (χ2n) is 11.6. The van der Waals surface area contributed by atoms with Crippen LogP contribution in [-0.4, -0.2) is 75.2 Å².